The number of para-hydroxylation sites is 3. The monoisotopic (exact) mass is 321 g/mol. The summed E-state index contributed by atoms with van der Waals surface area (Å²) in [5, 5.41) is 24.5. The summed E-state index contributed by atoms with van der Waals surface area (Å²) in [4.78, 5) is 12.4. The van der Waals surface area contributed by atoms with Crippen LogP contribution in [0.25, 0.3) is 0 Å². The van der Waals surface area contributed by atoms with Gasteiger partial charge in [-0.1, -0.05) is 37.3 Å². The van der Waals surface area contributed by atoms with Crippen LogP contribution in [0.2, 0.25) is 0 Å². The summed E-state index contributed by atoms with van der Waals surface area (Å²) in [5.41, 5.74) is 3.02. The number of carbonyl (C=O) groups is 1. The van der Waals surface area contributed by atoms with E-state index in [1.165, 1.54) is 12.3 Å². The number of carbonyl (C=O) groups excluding carboxylic acids is 1. The Morgan fingerprint density at radius 2 is 2.00 bits per heavy atom. The lowest BCUT2D eigenvalue weighted by atomic mass is 10.1. The van der Waals surface area contributed by atoms with Gasteiger partial charge in [0.15, 0.2) is 0 Å². The average molecular weight is 321 g/mol. The molecule has 2 rings (SSSR count). The van der Waals surface area contributed by atoms with Crippen LogP contribution in [0, 0.1) is 18.3 Å². The normalized spacial score (nSPS) is 10.8. The lowest BCUT2D eigenvalue weighted by molar-refractivity contribution is -0.112. The summed E-state index contributed by atoms with van der Waals surface area (Å²) in [5.74, 6) is -0.456. The highest BCUT2D eigenvalue weighted by atomic mass is 16.3. The van der Waals surface area contributed by atoms with Crippen LogP contribution in [-0.4, -0.2) is 11.0 Å². The quantitative estimate of drug-likeness (QED) is 0.445. The number of phenolic OH excluding ortho intramolecular Hbond substituents is 1. The summed E-state index contributed by atoms with van der Waals surface area (Å²) < 4.78 is 0. The summed E-state index contributed by atoms with van der Waals surface area (Å²) in [6, 6.07) is 14.3. The van der Waals surface area contributed by atoms with E-state index in [9.17, 15) is 15.2 Å². The molecule has 24 heavy (non-hydrogen) atoms. The summed E-state index contributed by atoms with van der Waals surface area (Å²) >= 11 is 0. The van der Waals surface area contributed by atoms with Crippen molar-refractivity contribution in [1.82, 2.24) is 0 Å². The number of aryl methyl sites for hydroxylation is 2. The molecule has 122 valence electrons. The number of benzene rings is 2. The lowest BCUT2D eigenvalue weighted by Crippen LogP contribution is -2.16. The number of aromatic hydroxyl groups is 1. The summed E-state index contributed by atoms with van der Waals surface area (Å²) in [7, 11) is 0. The summed E-state index contributed by atoms with van der Waals surface area (Å²) in [6.45, 7) is 3.91. The number of hydrogen-bond acceptors (Lipinski definition) is 4. The molecular weight excluding hydrogens is 302 g/mol. The lowest BCUT2D eigenvalue weighted by Gasteiger charge is -2.12. The van der Waals surface area contributed by atoms with E-state index in [0.29, 0.717) is 5.69 Å². The van der Waals surface area contributed by atoms with Crippen LogP contribution in [-0.2, 0) is 11.2 Å². The second-order valence-corrected chi connectivity index (χ2v) is 5.25. The Bertz CT molecular complexity index is 820. The Morgan fingerprint density at radius 3 is 2.67 bits per heavy atom. The first-order chi connectivity index (χ1) is 11.6. The van der Waals surface area contributed by atoms with Crippen LogP contribution < -0.4 is 10.6 Å². The van der Waals surface area contributed by atoms with Crippen LogP contribution in [0.15, 0.2) is 54.2 Å². The van der Waals surface area contributed by atoms with Gasteiger partial charge in [0.05, 0.1) is 5.69 Å². The van der Waals surface area contributed by atoms with Crippen molar-refractivity contribution in [1.29, 1.82) is 5.26 Å². The molecule has 0 heterocycles. The zero-order valence-corrected chi connectivity index (χ0v) is 13.6. The maximum Gasteiger partial charge on any atom is 0.267 e. The van der Waals surface area contributed by atoms with Gasteiger partial charge >= 0.3 is 0 Å². The van der Waals surface area contributed by atoms with Gasteiger partial charge in [0, 0.05) is 11.9 Å². The Morgan fingerprint density at radius 1 is 1.25 bits per heavy atom. The standard InChI is InChI=1S/C19H19N3O2/c1-3-14-8-6-7-13(2)18(14)22-19(24)15(11-20)12-21-16-9-4-5-10-17(16)23/h4-10,12,21,23H,3H2,1-2H3,(H,22,24)/b15-12-. The molecule has 2 aromatic carbocycles. The highest BCUT2D eigenvalue weighted by molar-refractivity contribution is 6.07. The fourth-order valence-corrected chi connectivity index (χ4v) is 2.28. The Hall–Kier alpha value is -3.26. The zero-order valence-electron chi connectivity index (χ0n) is 13.6. The molecule has 1 amide bonds. The minimum atomic E-state index is -0.496. The number of hydrogen-bond donors (Lipinski definition) is 3. The van der Waals surface area contributed by atoms with E-state index >= 15 is 0 Å². The second kappa shape index (κ2) is 7.84. The molecule has 0 saturated heterocycles. The minimum absolute atomic E-state index is 0.0404. The van der Waals surface area contributed by atoms with Gasteiger partial charge in [-0.2, -0.15) is 5.26 Å². The molecule has 0 aliphatic heterocycles. The first-order valence-electron chi connectivity index (χ1n) is 7.61. The van der Waals surface area contributed by atoms with E-state index in [4.69, 9.17) is 0 Å². The van der Waals surface area contributed by atoms with Gasteiger partial charge in [-0.3, -0.25) is 4.79 Å². The number of nitriles is 1. The number of phenols is 1. The number of amides is 1. The predicted molar refractivity (Wildman–Crippen MR) is 94.6 cm³/mol. The van der Waals surface area contributed by atoms with Crippen molar-refractivity contribution in [3.63, 3.8) is 0 Å². The van der Waals surface area contributed by atoms with Crippen LogP contribution >= 0.6 is 0 Å². The largest absolute Gasteiger partial charge is 0.506 e. The molecule has 0 unspecified atom stereocenters. The van der Waals surface area contributed by atoms with Crippen LogP contribution in [0.4, 0.5) is 11.4 Å². The van der Waals surface area contributed by atoms with E-state index in [1.54, 1.807) is 18.2 Å². The van der Waals surface area contributed by atoms with Crippen molar-refractivity contribution in [2.24, 2.45) is 0 Å². The van der Waals surface area contributed by atoms with Crippen molar-refractivity contribution < 1.29 is 9.90 Å². The minimum Gasteiger partial charge on any atom is -0.506 e. The molecule has 5 nitrogen and oxygen atoms in total. The van der Waals surface area contributed by atoms with Crippen LogP contribution in [0.3, 0.4) is 0 Å². The molecule has 5 heteroatoms. The van der Waals surface area contributed by atoms with Crippen LogP contribution in [0.5, 0.6) is 5.75 Å². The number of nitrogens with one attached hydrogen (secondary N) is 2. The van der Waals surface area contributed by atoms with Gasteiger partial charge in [0.1, 0.15) is 17.4 Å². The SMILES string of the molecule is CCc1cccc(C)c1NC(=O)/C(C#N)=C\Nc1ccccc1O. The molecule has 0 saturated carbocycles. The number of anilines is 2. The molecule has 2 aromatic rings. The molecule has 0 aliphatic carbocycles. The molecule has 3 N–H and O–H groups in total. The van der Waals surface area contributed by atoms with Gasteiger partial charge < -0.3 is 15.7 Å². The van der Waals surface area contributed by atoms with E-state index in [0.717, 1.165) is 23.2 Å². The van der Waals surface area contributed by atoms with E-state index in [2.05, 4.69) is 10.6 Å². The van der Waals surface area contributed by atoms with Crippen molar-refractivity contribution in [2.75, 3.05) is 10.6 Å². The van der Waals surface area contributed by atoms with Crippen molar-refractivity contribution in [3.05, 3.63) is 65.4 Å². The maximum absolute atomic E-state index is 12.4. The molecule has 0 fully saturated rings. The third-order valence-corrected chi connectivity index (χ3v) is 3.62. The molecular formula is C19H19N3O2. The fraction of sp³-hybridized carbons (Fsp3) is 0.158. The molecule has 0 radical (unpaired) electrons. The van der Waals surface area contributed by atoms with Crippen LogP contribution in [0.1, 0.15) is 18.1 Å². The fourth-order valence-electron chi connectivity index (χ4n) is 2.28. The van der Waals surface area contributed by atoms with E-state index in [1.807, 2.05) is 38.1 Å². The van der Waals surface area contributed by atoms with Gasteiger partial charge in [-0.25, -0.2) is 0 Å². The van der Waals surface area contributed by atoms with Crippen molar-refractivity contribution >= 4 is 17.3 Å². The summed E-state index contributed by atoms with van der Waals surface area (Å²) in [6.07, 6.45) is 2.06. The first kappa shape index (κ1) is 17.1. The third kappa shape index (κ3) is 3.93. The highest BCUT2D eigenvalue weighted by Gasteiger charge is 2.13. The third-order valence-electron chi connectivity index (χ3n) is 3.62. The van der Waals surface area contributed by atoms with E-state index < -0.39 is 5.91 Å². The Labute approximate surface area is 141 Å². The topological polar surface area (TPSA) is 85.2 Å². The van der Waals surface area contributed by atoms with Gasteiger partial charge in [-0.05, 0) is 36.6 Å². The molecule has 0 spiro atoms. The molecule has 0 atom stereocenters. The zero-order chi connectivity index (χ0) is 17.5. The van der Waals surface area contributed by atoms with Crippen molar-refractivity contribution in [3.8, 4) is 11.8 Å². The molecule has 0 bridgehead atoms. The smallest absolute Gasteiger partial charge is 0.267 e. The molecule has 0 aliphatic rings. The number of rotatable bonds is 5. The Balaban J connectivity index is 2.20. The highest BCUT2D eigenvalue weighted by Crippen LogP contribution is 2.23. The predicted octanol–water partition coefficient (Wildman–Crippen LogP) is 3.72. The molecule has 0 aromatic heterocycles. The number of nitrogens with zero attached hydrogens (tertiary/aromatic N) is 1. The van der Waals surface area contributed by atoms with E-state index in [-0.39, 0.29) is 11.3 Å². The van der Waals surface area contributed by atoms with Crippen molar-refractivity contribution in [2.45, 2.75) is 20.3 Å². The Kier molecular flexibility index (Phi) is 5.58. The van der Waals surface area contributed by atoms with Gasteiger partial charge in [0.2, 0.25) is 0 Å². The van der Waals surface area contributed by atoms with Gasteiger partial charge in [0.25, 0.3) is 5.91 Å². The average Bonchev–Trinajstić information content (AvgIpc) is 2.58. The maximum atomic E-state index is 12.4. The first-order valence-corrected chi connectivity index (χ1v) is 7.61. The van der Waals surface area contributed by atoms with Gasteiger partial charge in [-0.15, -0.1) is 0 Å². The second-order valence-electron chi connectivity index (χ2n) is 5.25.